The van der Waals surface area contributed by atoms with Crippen molar-refractivity contribution in [2.75, 3.05) is 6.54 Å². The Morgan fingerprint density at radius 2 is 2.06 bits per heavy atom. The number of amides is 1. The Bertz CT molecular complexity index is 368. The molecular formula is C13H18ClNO. The molecule has 1 amide bonds. The van der Waals surface area contributed by atoms with Crippen LogP contribution in [0.3, 0.4) is 0 Å². The Morgan fingerprint density at radius 3 is 2.62 bits per heavy atom. The highest BCUT2D eigenvalue weighted by atomic mass is 35.5. The van der Waals surface area contributed by atoms with Crippen LogP contribution in [0.4, 0.5) is 0 Å². The van der Waals surface area contributed by atoms with Gasteiger partial charge in [-0.3, -0.25) is 4.79 Å². The molecule has 0 saturated heterocycles. The molecule has 0 fully saturated rings. The Morgan fingerprint density at radius 1 is 1.38 bits per heavy atom. The Kier molecular flexibility index (Phi) is 4.36. The summed E-state index contributed by atoms with van der Waals surface area (Å²) in [5.74, 6) is 0.391. The van der Waals surface area contributed by atoms with Crippen molar-refractivity contribution >= 4 is 17.5 Å². The smallest absolute Gasteiger partial charge is 0.251 e. The monoisotopic (exact) mass is 239 g/mol. The van der Waals surface area contributed by atoms with E-state index in [1.54, 1.807) is 6.07 Å². The van der Waals surface area contributed by atoms with Gasteiger partial charge in [0.2, 0.25) is 0 Å². The van der Waals surface area contributed by atoms with E-state index in [1.807, 2.05) is 18.2 Å². The number of hydrogen-bond acceptors (Lipinski definition) is 1. The van der Waals surface area contributed by atoms with Gasteiger partial charge in [0.05, 0.1) is 0 Å². The predicted octanol–water partition coefficient (Wildman–Crippen LogP) is 3.20. The summed E-state index contributed by atoms with van der Waals surface area (Å²) in [4.78, 5) is 11.8. The molecule has 1 N–H and O–H groups in total. The van der Waals surface area contributed by atoms with Crippen molar-refractivity contribution in [2.24, 2.45) is 5.41 Å². The zero-order chi connectivity index (χ0) is 12.2. The number of nitrogens with one attached hydrogen (secondary N) is 1. The van der Waals surface area contributed by atoms with E-state index in [1.165, 1.54) is 0 Å². The van der Waals surface area contributed by atoms with Gasteiger partial charge in [-0.05, 0) is 23.1 Å². The highest BCUT2D eigenvalue weighted by molar-refractivity contribution is 6.17. The van der Waals surface area contributed by atoms with Crippen LogP contribution in [-0.2, 0) is 5.88 Å². The maximum atomic E-state index is 11.8. The van der Waals surface area contributed by atoms with Gasteiger partial charge in [-0.25, -0.2) is 0 Å². The minimum Gasteiger partial charge on any atom is -0.352 e. The van der Waals surface area contributed by atoms with E-state index in [-0.39, 0.29) is 11.3 Å². The molecule has 0 atom stereocenters. The zero-order valence-corrected chi connectivity index (χ0v) is 10.8. The second-order valence-corrected chi connectivity index (χ2v) is 5.34. The van der Waals surface area contributed by atoms with Crippen molar-refractivity contribution in [1.82, 2.24) is 5.32 Å². The second kappa shape index (κ2) is 5.35. The molecule has 0 aliphatic rings. The van der Waals surface area contributed by atoms with Gasteiger partial charge < -0.3 is 5.32 Å². The third-order valence-corrected chi connectivity index (χ3v) is 2.43. The van der Waals surface area contributed by atoms with Crippen molar-refractivity contribution in [3.63, 3.8) is 0 Å². The van der Waals surface area contributed by atoms with Gasteiger partial charge in [-0.2, -0.15) is 0 Å². The zero-order valence-electron chi connectivity index (χ0n) is 10.0. The third-order valence-electron chi connectivity index (χ3n) is 2.12. The van der Waals surface area contributed by atoms with Gasteiger partial charge in [0.15, 0.2) is 0 Å². The molecule has 88 valence electrons. The summed E-state index contributed by atoms with van der Waals surface area (Å²) in [5.41, 5.74) is 1.73. The number of hydrogen-bond donors (Lipinski definition) is 1. The maximum Gasteiger partial charge on any atom is 0.251 e. The second-order valence-electron chi connectivity index (χ2n) is 5.08. The van der Waals surface area contributed by atoms with Gasteiger partial charge in [0, 0.05) is 18.0 Å². The summed E-state index contributed by atoms with van der Waals surface area (Å²) < 4.78 is 0. The number of benzene rings is 1. The molecule has 2 nitrogen and oxygen atoms in total. The van der Waals surface area contributed by atoms with E-state index in [9.17, 15) is 4.79 Å². The molecule has 16 heavy (non-hydrogen) atoms. The lowest BCUT2D eigenvalue weighted by Crippen LogP contribution is -2.32. The molecule has 0 spiro atoms. The fourth-order valence-corrected chi connectivity index (χ4v) is 1.41. The molecule has 0 radical (unpaired) electrons. The summed E-state index contributed by atoms with van der Waals surface area (Å²) in [6, 6.07) is 7.39. The average Bonchev–Trinajstić information content (AvgIpc) is 2.25. The van der Waals surface area contributed by atoms with Crippen molar-refractivity contribution in [2.45, 2.75) is 26.7 Å². The molecule has 1 aromatic rings. The molecule has 0 heterocycles. The first-order chi connectivity index (χ1) is 7.42. The number of carbonyl (C=O) groups excluding carboxylic acids is 1. The largest absolute Gasteiger partial charge is 0.352 e. The van der Waals surface area contributed by atoms with Crippen LogP contribution < -0.4 is 5.32 Å². The summed E-state index contributed by atoms with van der Waals surface area (Å²) >= 11 is 5.72. The summed E-state index contributed by atoms with van der Waals surface area (Å²) in [5, 5.41) is 2.91. The number of alkyl halides is 1. The molecule has 0 aromatic heterocycles. The molecule has 1 rings (SSSR count). The molecule has 0 aliphatic heterocycles. The minimum atomic E-state index is -0.0399. The first kappa shape index (κ1) is 13.0. The molecule has 0 bridgehead atoms. The summed E-state index contributed by atoms with van der Waals surface area (Å²) in [6.07, 6.45) is 0. The van der Waals surface area contributed by atoms with E-state index in [2.05, 4.69) is 26.1 Å². The lowest BCUT2D eigenvalue weighted by Gasteiger charge is -2.18. The first-order valence-electron chi connectivity index (χ1n) is 5.35. The molecule has 0 saturated carbocycles. The topological polar surface area (TPSA) is 29.1 Å². The van der Waals surface area contributed by atoms with E-state index >= 15 is 0 Å². The normalized spacial score (nSPS) is 11.2. The van der Waals surface area contributed by atoms with Gasteiger partial charge in [0.25, 0.3) is 5.91 Å². The maximum absolute atomic E-state index is 11.8. The summed E-state index contributed by atoms with van der Waals surface area (Å²) in [6.45, 7) is 6.92. The number of carbonyl (C=O) groups is 1. The Labute approximate surface area is 102 Å². The van der Waals surface area contributed by atoms with E-state index in [0.717, 1.165) is 5.56 Å². The van der Waals surface area contributed by atoms with Crippen LogP contribution >= 0.6 is 11.6 Å². The van der Waals surface area contributed by atoms with Crippen LogP contribution in [-0.4, -0.2) is 12.5 Å². The Balaban J connectivity index is 2.66. The van der Waals surface area contributed by atoms with E-state index < -0.39 is 0 Å². The van der Waals surface area contributed by atoms with Crippen molar-refractivity contribution in [1.29, 1.82) is 0 Å². The van der Waals surface area contributed by atoms with Gasteiger partial charge in [-0.1, -0.05) is 32.9 Å². The third kappa shape index (κ3) is 4.23. The highest BCUT2D eigenvalue weighted by Crippen LogP contribution is 2.12. The van der Waals surface area contributed by atoms with Crippen LogP contribution in [0.1, 0.15) is 36.7 Å². The first-order valence-corrected chi connectivity index (χ1v) is 5.89. The van der Waals surface area contributed by atoms with Crippen molar-refractivity contribution in [3.05, 3.63) is 35.4 Å². The lowest BCUT2D eigenvalue weighted by molar-refractivity contribution is 0.0939. The fourth-order valence-electron chi connectivity index (χ4n) is 1.24. The van der Waals surface area contributed by atoms with E-state index in [0.29, 0.717) is 18.0 Å². The fraction of sp³-hybridized carbons (Fsp3) is 0.462. The molecule has 0 unspecified atom stereocenters. The van der Waals surface area contributed by atoms with Crippen LogP contribution in [0.2, 0.25) is 0 Å². The summed E-state index contributed by atoms with van der Waals surface area (Å²) in [7, 11) is 0. The quantitative estimate of drug-likeness (QED) is 0.807. The Hall–Kier alpha value is -1.02. The predicted molar refractivity (Wildman–Crippen MR) is 67.8 cm³/mol. The van der Waals surface area contributed by atoms with Gasteiger partial charge >= 0.3 is 0 Å². The van der Waals surface area contributed by atoms with Crippen LogP contribution in [0, 0.1) is 5.41 Å². The van der Waals surface area contributed by atoms with E-state index in [4.69, 9.17) is 11.6 Å². The van der Waals surface area contributed by atoms with Crippen LogP contribution in [0.25, 0.3) is 0 Å². The molecule has 0 aliphatic carbocycles. The molecule has 1 aromatic carbocycles. The minimum absolute atomic E-state index is 0.0399. The van der Waals surface area contributed by atoms with Crippen molar-refractivity contribution < 1.29 is 4.79 Å². The number of rotatable bonds is 3. The average molecular weight is 240 g/mol. The standard InChI is InChI=1S/C13H18ClNO/c1-13(2,3)9-15-12(16)11-6-4-5-10(7-11)8-14/h4-7H,8-9H2,1-3H3,(H,15,16). The molecule has 3 heteroatoms. The van der Waals surface area contributed by atoms with Crippen LogP contribution in [0.15, 0.2) is 24.3 Å². The van der Waals surface area contributed by atoms with Gasteiger partial charge in [-0.15, -0.1) is 11.6 Å². The highest BCUT2D eigenvalue weighted by Gasteiger charge is 2.12. The lowest BCUT2D eigenvalue weighted by atomic mass is 9.97. The van der Waals surface area contributed by atoms with Crippen LogP contribution in [0.5, 0.6) is 0 Å². The van der Waals surface area contributed by atoms with Crippen molar-refractivity contribution in [3.8, 4) is 0 Å². The molecular weight excluding hydrogens is 222 g/mol. The number of halogens is 1. The van der Waals surface area contributed by atoms with Gasteiger partial charge in [0.1, 0.15) is 0 Å². The SMILES string of the molecule is CC(C)(C)CNC(=O)c1cccc(CCl)c1.